The number of aromatic nitrogens is 1. The third-order valence-corrected chi connectivity index (χ3v) is 4.19. The number of nitrogens with one attached hydrogen (secondary N) is 1. The topological polar surface area (TPSA) is 24.9 Å². The Morgan fingerprint density at radius 2 is 1.90 bits per heavy atom. The van der Waals surface area contributed by atoms with Gasteiger partial charge in [-0.15, -0.1) is 0 Å². The van der Waals surface area contributed by atoms with Gasteiger partial charge in [-0.3, -0.25) is 4.98 Å². The fourth-order valence-electron chi connectivity index (χ4n) is 2.60. The maximum Gasteiger partial charge on any atom is 0.0406 e. The van der Waals surface area contributed by atoms with E-state index in [2.05, 4.69) is 35.4 Å². The molecule has 1 heterocycles. The van der Waals surface area contributed by atoms with Gasteiger partial charge in [-0.05, 0) is 55.0 Å². The highest BCUT2D eigenvalue weighted by atomic mass is 35.5. The van der Waals surface area contributed by atoms with E-state index in [4.69, 9.17) is 11.6 Å². The van der Waals surface area contributed by atoms with E-state index in [1.54, 1.807) is 0 Å². The summed E-state index contributed by atoms with van der Waals surface area (Å²) in [6, 6.07) is 13.0. The Morgan fingerprint density at radius 1 is 1.15 bits per heavy atom. The first-order valence-electron chi connectivity index (χ1n) is 7.15. The molecular weight excluding hydrogens is 268 g/mol. The summed E-state index contributed by atoms with van der Waals surface area (Å²) >= 11 is 5.98. The second-order valence-electron chi connectivity index (χ2n) is 5.54. The summed E-state index contributed by atoms with van der Waals surface area (Å²) in [5.74, 6) is 0.746. The lowest BCUT2D eigenvalue weighted by Gasteiger charge is -2.24. The number of nitrogens with zero attached hydrogens (tertiary/aromatic N) is 1. The van der Waals surface area contributed by atoms with E-state index in [1.807, 2.05) is 30.6 Å². The highest BCUT2D eigenvalue weighted by molar-refractivity contribution is 6.30. The van der Waals surface area contributed by atoms with Crippen LogP contribution in [0.5, 0.6) is 0 Å². The molecule has 104 valence electrons. The van der Waals surface area contributed by atoms with Gasteiger partial charge in [0.15, 0.2) is 0 Å². The first-order chi connectivity index (χ1) is 9.74. The zero-order valence-corrected chi connectivity index (χ0v) is 12.3. The molecule has 1 aromatic heterocycles. The summed E-state index contributed by atoms with van der Waals surface area (Å²) in [7, 11) is 0. The molecule has 0 spiro atoms. The van der Waals surface area contributed by atoms with Gasteiger partial charge in [0.25, 0.3) is 0 Å². The van der Waals surface area contributed by atoms with E-state index in [9.17, 15) is 0 Å². The van der Waals surface area contributed by atoms with Crippen LogP contribution < -0.4 is 5.32 Å². The van der Waals surface area contributed by atoms with Crippen molar-refractivity contribution in [3.63, 3.8) is 0 Å². The Labute approximate surface area is 125 Å². The molecule has 1 fully saturated rings. The minimum absolute atomic E-state index is 0.296. The van der Waals surface area contributed by atoms with Crippen LogP contribution in [-0.4, -0.2) is 4.98 Å². The Morgan fingerprint density at radius 3 is 2.50 bits per heavy atom. The molecule has 1 unspecified atom stereocenters. The lowest BCUT2D eigenvalue weighted by molar-refractivity contribution is 0.427. The molecule has 2 aromatic rings. The summed E-state index contributed by atoms with van der Waals surface area (Å²) in [6.45, 7) is 2.20. The molecule has 2 atom stereocenters. The van der Waals surface area contributed by atoms with Crippen LogP contribution in [0, 0.1) is 5.92 Å². The predicted molar refractivity (Wildman–Crippen MR) is 82.7 cm³/mol. The van der Waals surface area contributed by atoms with Crippen LogP contribution in [0.15, 0.2) is 48.8 Å². The zero-order valence-electron chi connectivity index (χ0n) is 11.6. The Bertz CT molecular complexity index is 549. The molecule has 0 radical (unpaired) electrons. The number of halogens is 1. The summed E-state index contributed by atoms with van der Waals surface area (Å²) in [5.41, 5.74) is 2.56. The molecule has 0 aliphatic heterocycles. The molecule has 1 aromatic carbocycles. The summed E-state index contributed by atoms with van der Waals surface area (Å²) < 4.78 is 0. The monoisotopic (exact) mass is 286 g/mol. The van der Waals surface area contributed by atoms with Crippen LogP contribution in [0.2, 0.25) is 5.02 Å². The Kier molecular flexibility index (Phi) is 4.04. The third-order valence-electron chi connectivity index (χ3n) is 3.94. The Balaban J connectivity index is 1.76. The quantitative estimate of drug-likeness (QED) is 0.873. The molecule has 1 saturated carbocycles. The third kappa shape index (κ3) is 3.20. The van der Waals surface area contributed by atoms with E-state index < -0.39 is 0 Å². The van der Waals surface area contributed by atoms with Gasteiger partial charge in [0.2, 0.25) is 0 Å². The maximum atomic E-state index is 5.98. The van der Waals surface area contributed by atoms with E-state index in [-0.39, 0.29) is 0 Å². The highest BCUT2D eigenvalue weighted by Gasteiger charge is 2.33. The molecule has 1 aliphatic carbocycles. The van der Waals surface area contributed by atoms with Crippen LogP contribution in [-0.2, 0) is 0 Å². The van der Waals surface area contributed by atoms with E-state index >= 15 is 0 Å². The van der Waals surface area contributed by atoms with Crippen molar-refractivity contribution in [3.8, 4) is 0 Å². The van der Waals surface area contributed by atoms with Crippen LogP contribution in [0.4, 0.5) is 0 Å². The molecule has 20 heavy (non-hydrogen) atoms. The SMILES string of the molecule is C[C@@H](NC(c1ccc(Cl)cc1)C1CC1)c1cccnc1. The maximum absolute atomic E-state index is 5.98. The standard InChI is InChI=1S/C17H19ClN2/c1-12(15-3-2-10-19-11-15)20-17(13-4-5-13)14-6-8-16(18)9-7-14/h2-3,6-13,17,20H,4-5H2,1H3/t12-,17?/m1/s1. The number of benzene rings is 1. The van der Waals surface area contributed by atoms with E-state index in [0.717, 1.165) is 10.9 Å². The number of rotatable bonds is 5. The van der Waals surface area contributed by atoms with Crippen molar-refractivity contribution in [3.05, 3.63) is 64.9 Å². The number of pyridine rings is 1. The fourth-order valence-corrected chi connectivity index (χ4v) is 2.73. The van der Waals surface area contributed by atoms with Crippen LogP contribution in [0.3, 0.4) is 0 Å². The van der Waals surface area contributed by atoms with Crippen molar-refractivity contribution in [1.29, 1.82) is 0 Å². The van der Waals surface area contributed by atoms with E-state index in [1.165, 1.54) is 24.0 Å². The fraction of sp³-hybridized carbons (Fsp3) is 0.353. The predicted octanol–water partition coefficient (Wildman–Crippen LogP) is 4.54. The molecular formula is C17H19ClN2. The van der Waals surface area contributed by atoms with Gasteiger partial charge >= 0.3 is 0 Å². The highest BCUT2D eigenvalue weighted by Crippen LogP contribution is 2.42. The normalized spacial score (nSPS) is 17.7. The molecule has 1 N–H and O–H groups in total. The first-order valence-corrected chi connectivity index (χ1v) is 7.53. The van der Waals surface area contributed by atoms with Gasteiger partial charge in [-0.25, -0.2) is 0 Å². The van der Waals surface area contributed by atoms with Crippen molar-refractivity contribution in [2.24, 2.45) is 5.92 Å². The van der Waals surface area contributed by atoms with Gasteiger partial charge in [0.05, 0.1) is 0 Å². The largest absolute Gasteiger partial charge is 0.303 e. The lowest BCUT2D eigenvalue weighted by Crippen LogP contribution is -2.26. The van der Waals surface area contributed by atoms with E-state index in [0.29, 0.717) is 12.1 Å². The number of hydrogen-bond donors (Lipinski definition) is 1. The van der Waals surface area contributed by atoms with Gasteiger partial charge < -0.3 is 5.32 Å². The van der Waals surface area contributed by atoms with Crippen molar-refractivity contribution in [2.45, 2.75) is 31.8 Å². The van der Waals surface area contributed by atoms with Crippen molar-refractivity contribution < 1.29 is 0 Å². The minimum Gasteiger partial charge on any atom is -0.303 e. The average molecular weight is 287 g/mol. The molecule has 3 rings (SSSR count). The summed E-state index contributed by atoms with van der Waals surface area (Å²) in [5, 5.41) is 4.54. The average Bonchev–Trinajstić information content (AvgIpc) is 3.31. The zero-order chi connectivity index (χ0) is 13.9. The van der Waals surface area contributed by atoms with Gasteiger partial charge in [0, 0.05) is 29.5 Å². The van der Waals surface area contributed by atoms with Gasteiger partial charge in [0.1, 0.15) is 0 Å². The van der Waals surface area contributed by atoms with Crippen molar-refractivity contribution >= 4 is 11.6 Å². The van der Waals surface area contributed by atoms with Crippen LogP contribution >= 0.6 is 11.6 Å². The Hall–Kier alpha value is -1.38. The second kappa shape index (κ2) is 5.94. The first kappa shape index (κ1) is 13.6. The molecule has 0 saturated heterocycles. The van der Waals surface area contributed by atoms with Crippen molar-refractivity contribution in [2.75, 3.05) is 0 Å². The molecule has 0 amide bonds. The van der Waals surface area contributed by atoms with Crippen LogP contribution in [0.1, 0.15) is 43.0 Å². The summed E-state index contributed by atoms with van der Waals surface area (Å²) in [6.07, 6.45) is 6.36. The minimum atomic E-state index is 0.296. The smallest absolute Gasteiger partial charge is 0.0406 e. The molecule has 2 nitrogen and oxygen atoms in total. The van der Waals surface area contributed by atoms with Gasteiger partial charge in [-0.1, -0.05) is 29.8 Å². The molecule has 1 aliphatic rings. The second-order valence-corrected chi connectivity index (χ2v) is 5.98. The van der Waals surface area contributed by atoms with Crippen LogP contribution in [0.25, 0.3) is 0 Å². The summed E-state index contributed by atoms with van der Waals surface area (Å²) in [4.78, 5) is 4.20. The lowest BCUT2D eigenvalue weighted by atomic mass is 10.00. The molecule has 0 bridgehead atoms. The van der Waals surface area contributed by atoms with Gasteiger partial charge in [-0.2, -0.15) is 0 Å². The molecule has 3 heteroatoms. The van der Waals surface area contributed by atoms with Crippen molar-refractivity contribution in [1.82, 2.24) is 10.3 Å². The number of hydrogen-bond acceptors (Lipinski definition) is 2.